The zero-order valence-corrected chi connectivity index (χ0v) is 14.8. The van der Waals surface area contributed by atoms with Crippen LogP contribution in [0.5, 0.6) is 0 Å². The average Bonchev–Trinajstić information content (AvgIpc) is 2.81. The molecule has 0 radical (unpaired) electrons. The van der Waals surface area contributed by atoms with Crippen molar-refractivity contribution >= 4 is 23.2 Å². The van der Waals surface area contributed by atoms with Crippen LogP contribution in [0.4, 0.5) is 0 Å². The van der Waals surface area contributed by atoms with E-state index in [1.807, 2.05) is 12.3 Å². The van der Waals surface area contributed by atoms with Crippen LogP contribution in [0.25, 0.3) is 0 Å². The van der Waals surface area contributed by atoms with Crippen molar-refractivity contribution < 1.29 is 14.3 Å². The van der Waals surface area contributed by atoms with Crippen LogP contribution in [0.3, 0.4) is 0 Å². The van der Waals surface area contributed by atoms with Gasteiger partial charge in [0, 0.05) is 17.8 Å². The highest BCUT2D eigenvalue weighted by atomic mass is 32.1. The number of carbonyl (C=O) groups excluding carboxylic acids is 2. The molecule has 0 saturated heterocycles. The Kier molecular flexibility index (Phi) is 7.02. The van der Waals surface area contributed by atoms with E-state index in [1.54, 1.807) is 11.3 Å². The second-order valence-electron chi connectivity index (χ2n) is 6.15. The minimum Gasteiger partial charge on any atom is -0.469 e. The van der Waals surface area contributed by atoms with E-state index >= 15 is 0 Å². The molecule has 128 valence electrons. The van der Waals surface area contributed by atoms with Gasteiger partial charge in [-0.3, -0.25) is 9.59 Å². The van der Waals surface area contributed by atoms with E-state index in [0.29, 0.717) is 6.42 Å². The Morgan fingerprint density at radius 1 is 1.35 bits per heavy atom. The van der Waals surface area contributed by atoms with Crippen LogP contribution >= 0.6 is 11.3 Å². The molecule has 1 amide bonds. The summed E-state index contributed by atoms with van der Waals surface area (Å²) in [6, 6.07) is -0.0843. The van der Waals surface area contributed by atoms with Gasteiger partial charge in [-0.15, -0.1) is 11.3 Å². The van der Waals surface area contributed by atoms with E-state index in [0.717, 1.165) is 55.6 Å². The smallest absolute Gasteiger partial charge is 0.310 e. The van der Waals surface area contributed by atoms with Crippen molar-refractivity contribution in [2.45, 2.75) is 64.3 Å². The predicted molar refractivity (Wildman–Crippen MR) is 90.3 cm³/mol. The third-order valence-corrected chi connectivity index (χ3v) is 5.19. The van der Waals surface area contributed by atoms with Crippen molar-refractivity contribution in [1.82, 2.24) is 10.3 Å². The van der Waals surface area contributed by atoms with E-state index in [-0.39, 0.29) is 23.8 Å². The maximum Gasteiger partial charge on any atom is 0.310 e. The lowest BCUT2D eigenvalue weighted by Gasteiger charge is -2.24. The number of nitrogens with zero attached hydrogens (tertiary/aromatic N) is 1. The lowest BCUT2D eigenvalue weighted by molar-refractivity contribution is -0.147. The van der Waals surface area contributed by atoms with Crippen LogP contribution in [0.15, 0.2) is 5.38 Å². The van der Waals surface area contributed by atoms with Crippen LogP contribution in [0.2, 0.25) is 0 Å². The third kappa shape index (κ3) is 5.61. The molecule has 0 aliphatic heterocycles. The Morgan fingerprint density at radius 2 is 2.13 bits per heavy atom. The number of hydrogen-bond acceptors (Lipinski definition) is 5. The molecule has 0 unspecified atom stereocenters. The third-order valence-electron chi connectivity index (χ3n) is 4.37. The molecule has 6 heteroatoms. The Labute approximate surface area is 141 Å². The van der Waals surface area contributed by atoms with Crippen molar-refractivity contribution in [2.75, 3.05) is 7.11 Å². The van der Waals surface area contributed by atoms with E-state index in [9.17, 15) is 9.59 Å². The molecular formula is C17H26N2O3S. The fourth-order valence-corrected chi connectivity index (χ4v) is 3.79. The van der Waals surface area contributed by atoms with Crippen LogP contribution in [-0.2, 0) is 20.7 Å². The normalized spacial score (nSPS) is 21.5. The maximum atomic E-state index is 12.2. The summed E-state index contributed by atoms with van der Waals surface area (Å²) in [6.07, 6.45) is 6.93. The quantitative estimate of drug-likeness (QED) is 0.639. The van der Waals surface area contributed by atoms with Gasteiger partial charge >= 0.3 is 5.97 Å². The standard InChI is InChI=1S/C17H26N2O3S/c1-12-18-13(11-23-12)7-6-10-16(20)19-15-9-5-3-4-8-14(15)17(21)22-2/h11,14-15H,3-10H2,1-2H3,(H,19,20)/t14-,15-/m1/s1. The molecule has 0 aromatic carbocycles. The summed E-state index contributed by atoms with van der Waals surface area (Å²) >= 11 is 1.64. The van der Waals surface area contributed by atoms with Crippen molar-refractivity contribution in [3.63, 3.8) is 0 Å². The molecule has 1 N–H and O–H groups in total. The minimum absolute atomic E-state index is 0.0257. The first kappa shape index (κ1) is 17.9. The van der Waals surface area contributed by atoms with Gasteiger partial charge in [0.25, 0.3) is 0 Å². The molecule has 0 bridgehead atoms. The fourth-order valence-electron chi connectivity index (χ4n) is 3.15. The number of nitrogens with one attached hydrogen (secondary N) is 1. The first-order valence-electron chi connectivity index (χ1n) is 8.38. The fraction of sp³-hybridized carbons (Fsp3) is 0.706. The summed E-state index contributed by atoms with van der Waals surface area (Å²) in [6.45, 7) is 1.99. The first-order chi connectivity index (χ1) is 11.1. The van der Waals surface area contributed by atoms with Crippen LogP contribution < -0.4 is 5.32 Å². The summed E-state index contributed by atoms with van der Waals surface area (Å²) in [4.78, 5) is 28.5. The van der Waals surface area contributed by atoms with Gasteiger partial charge in [0.05, 0.1) is 23.7 Å². The van der Waals surface area contributed by atoms with Crippen molar-refractivity contribution in [3.8, 4) is 0 Å². The zero-order valence-electron chi connectivity index (χ0n) is 14.0. The van der Waals surface area contributed by atoms with Gasteiger partial charge in [0.2, 0.25) is 5.91 Å². The van der Waals surface area contributed by atoms with Crippen LogP contribution in [-0.4, -0.2) is 30.0 Å². The van der Waals surface area contributed by atoms with Crippen LogP contribution in [0.1, 0.15) is 55.6 Å². The van der Waals surface area contributed by atoms with Gasteiger partial charge < -0.3 is 10.1 Å². The first-order valence-corrected chi connectivity index (χ1v) is 9.26. The lowest BCUT2D eigenvalue weighted by atomic mass is 9.94. The number of aromatic nitrogens is 1. The number of carbonyl (C=O) groups is 2. The van der Waals surface area contributed by atoms with Crippen molar-refractivity contribution in [1.29, 1.82) is 0 Å². The van der Waals surface area contributed by atoms with Gasteiger partial charge in [0.15, 0.2) is 0 Å². The predicted octanol–water partition coefficient (Wildman–Crippen LogP) is 3.01. The van der Waals surface area contributed by atoms with Gasteiger partial charge in [0.1, 0.15) is 0 Å². The molecule has 1 fully saturated rings. The number of ether oxygens (including phenoxy) is 1. The Balaban J connectivity index is 1.80. The minimum atomic E-state index is -0.201. The monoisotopic (exact) mass is 338 g/mol. The number of amides is 1. The molecule has 1 saturated carbocycles. The molecule has 1 aromatic heterocycles. The molecule has 23 heavy (non-hydrogen) atoms. The molecular weight excluding hydrogens is 312 g/mol. The molecule has 2 atom stereocenters. The molecule has 5 nitrogen and oxygen atoms in total. The molecule has 1 heterocycles. The van der Waals surface area contributed by atoms with Gasteiger partial charge in [-0.2, -0.15) is 0 Å². The molecule has 1 aliphatic carbocycles. The summed E-state index contributed by atoms with van der Waals surface area (Å²) in [5.74, 6) is -0.374. The largest absolute Gasteiger partial charge is 0.469 e. The van der Waals surface area contributed by atoms with Gasteiger partial charge in [-0.25, -0.2) is 4.98 Å². The second-order valence-corrected chi connectivity index (χ2v) is 7.22. The van der Waals surface area contributed by atoms with Crippen molar-refractivity contribution in [2.24, 2.45) is 5.92 Å². The van der Waals surface area contributed by atoms with Crippen molar-refractivity contribution in [3.05, 3.63) is 16.1 Å². The average molecular weight is 338 g/mol. The summed E-state index contributed by atoms with van der Waals surface area (Å²) in [5, 5.41) is 6.16. The second kappa shape index (κ2) is 9.01. The lowest BCUT2D eigenvalue weighted by Crippen LogP contribution is -2.43. The topological polar surface area (TPSA) is 68.3 Å². The zero-order chi connectivity index (χ0) is 16.7. The maximum absolute atomic E-state index is 12.2. The van der Waals surface area contributed by atoms with E-state index in [4.69, 9.17) is 4.74 Å². The summed E-state index contributed by atoms with van der Waals surface area (Å²) < 4.78 is 4.90. The van der Waals surface area contributed by atoms with E-state index in [2.05, 4.69) is 10.3 Å². The highest BCUT2D eigenvalue weighted by Crippen LogP contribution is 2.24. The highest BCUT2D eigenvalue weighted by Gasteiger charge is 2.31. The van der Waals surface area contributed by atoms with Gasteiger partial charge in [-0.1, -0.05) is 19.3 Å². The Bertz CT molecular complexity index is 530. The van der Waals surface area contributed by atoms with Gasteiger partial charge in [-0.05, 0) is 32.6 Å². The molecule has 2 rings (SSSR count). The van der Waals surface area contributed by atoms with E-state index < -0.39 is 0 Å². The molecule has 1 aliphatic rings. The summed E-state index contributed by atoms with van der Waals surface area (Å²) in [7, 11) is 1.42. The summed E-state index contributed by atoms with van der Waals surface area (Å²) in [5.41, 5.74) is 1.06. The number of thiazole rings is 1. The number of esters is 1. The SMILES string of the molecule is COC(=O)[C@@H]1CCCCC[C@H]1NC(=O)CCCc1csc(C)n1. The van der Waals surface area contributed by atoms with E-state index in [1.165, 1.54) is 7.11 Å². The molecule has 0 spiro atoms. The number of methoxy groups -OCH3 is 1. The number of aryl methyl sites for hydroxylation is 2. The Hall–Kier alpha value is -1.43. The number of hydrogen-bond donors (Lipinski definition) is 1. The Morgan fingerprint density at radius 3 is 2.83 bits per heavy atom. The highest BCUT2D eigenvalue weighted by molar-refractivity contribution is 7.09. The number of rotatable bonds is 6. The molecule has 1 aromatic rings. The van der Waals surface area contributed by atoms with Crippen LogP contribution in [0, 0.1) is 12.8 Å².